The van der Waals surface area contributed by atoms with Crippen LogP contribution in [0, 0.1) is 5.82 Å². The lowest BCUT2D eigenvalue weighted by atomic mass is 10.1. The van der Waals surface area contributed by atoms with E-state index in [-0.39, 0.29) is 11.7 Å². The lowest BCUT2D eigenvalue weighted by Gasteiger charge is -2.06. The van der Waals surface area contributed by atoms with Crippen LogP contribution < -0.4 is 5.32 Å². The van der Waals surface area contributed by atoms with E-state index in [0.717, 1.165) is 11.3 Å². The Morgan fingerprint density at radius 3 is 2.68 bits per heavy atom. The van der Waals surface area contributed by atoms with Crippen LogP contribution in [-0.2, 0) is 6.42 Å². The van der Waals surface area contributed by atoms with Crippen LogP contribution in [0.3, 0.4) is 0 Å². The first kappa shape index (κ1) is 18.1. The van der Waals surface area contributed by atoms with Gasteiger partial charge in [0.05, 0.1) is 11.9 Å². The number of carbonyl (C=O) groups is 1. The number of amides is 1. The molecule has 0 aliphatic heterocycles. The SMILES string of the molecule is O=C(NCCc1ccc(-n2cccn2)cc1)c1cnc(-c2ccccc2F)s1. The van der Waals surface area contributed by atoms with Crippen LogP contribution in [0.4, 0.5) is 4.39 Å². The first-order valence-corrected chi connectivity index (χ1v) is 9.60. The van der Waals surface area contributed by atoms with E-state index in [4.69, 9.17) is 0 Å². The molecule has 0 saturated carbocycles. The van der Waals surface area contributed by atoms with Crippen LogP contribution in [0.1, 0.15) is 15.2 Å². The molecule has 0 unspecified atom stereocenters. The van der Waals surface area contributed by atoms with Crippen LogP contribution in [0.2, 0.25) is 0 Å². The van der Waals surface area contributed by atoms with Gasteiger partial charge in [0, 0.05) is 24.5 Å². The Kier molecular flexibility index (Phi) is 5.25. The molecule has 4 rings (SSSR count). The summed E-state index contributed by atoms with van der Waals surface area (Å²) in [4.78, 5) is 17.0. The first-order valence-electron chi connectivity index (χ1n) is 8.78. The number of nitrogens with one attached hydrogen (secondary N) is 1. The number of hydrogen-bond donors (Lipinski definition) is 1. The lowest BCUT2D eigenvalue weighted by Crippen LogP contribution is -2.24. The second-order valence-corrected chi connectivity index (χ2v) is 7.16. The van der Waals surface area contributed by atoms with Gasteiger partial charge in [-0.05, 0) is 42.3 Å². The van der Waals surface area contributed by atoms with Gasteiger partial charge in [-0.3, -0.25) is 4.79 Å². The van der Waals surface area contributed by atoms with Gasteiger partial charge in [-0.1, -0.05) is 24.3 Å². The monoisotopic (exact) mass is 392 g/mol. The first-order chi connectivity index (χ1) is 13.7. The summed E-state index contributed by atoms with van der Waals surface area (Å²) in [5, 5.41) is 7.58. The third-order valence-electron chi connectivity index (χ3n) is 4.24. The fourth-order valence-electron chi connectivity index (χ4n) is 2.78. The largest absolute Gasteiger partial charge is 0.351 e. The number of thiazole rings is 1. The van der Waals surface area contributed by atoms with Crippen molar-refractivity contribution in [3.63, 3.8) is 0 Å². The quantitative estimate of drug-likeness (QED) is 0.537. The zero-order chi connectivity index (χ0) is 19.3. The number of carbonyl (C=O) groups excluding carboxylic acids is 1. The molecule has 1 N–H and O–H groups in total. The van der Waals surface area contributed by atoms with Gasteiger partial charge in [0.1, 0.15) is 15.7 Å². The van der Waals surface area contributed by atoms with E-state index >= 15 is 0 Å². The summed E-state index contributed by atoms with van der Waals surface area (Å²) in [6, 6.07) is 16.3. The molecule has 2 aromatic heterocycles. The molecule has 5 nitrogen and oxygen atoms in total. The molecule has 0 fully saturated rings. The number of nitrogens with zero attached hydrogens (tertiary/aromatic N) is 3. The van der Waals surface area contributed by atoms with E-state index < -0.39 is 0 Å². The zero-order valence-corrected chi connectivity index (χ0v) is 15.7. The lowest BCUT2D eigenvalue weighted by molar-refractivity contribution is 0.0958. The van der Waals surface area contributed by atoms with Gasteiger partial charge < -0.3 is 5.32 Å². The molecule has 140 valence electrons. The van der Waals surface area contributed by atoms with E-state index in [1.807, 2.05) is 36.5 Å². The van der Waals surface area contributed by atoms with Gasteiger partial charge in [0.25, 0.3) is 5.91 Å². The number of hydrogen-bond acceptors (Lipinski definition) is 4. The molecule has 0 spiro atoms. The second-order valence-electron chi connectivity index (χ2n) is 6.13. The molecular weight excluding hydrogens is 375 g/mol. The Balaban J connectivity index is 1.33. The number of aromatic nitrogens is 3. The summed E-state index contributed by atoms with van der Waals surface area (Å²) in [5.41, 5.74) is 2.51. The van der Waals surface area contributed by atoms with Crippen molar-refractivity contribution in [3.05, 3.63) is 89.4 Å². The summed E-state index contributed by atoms with van der Waals surface area (Å²) in [6.07, 6.45) is 5.82. The number of benzene rings is 2. The molecule has 2 heterocycles. The Hall–Kier alpha value is -3.32. The molecule has 7 heteroatoms. The Morgan fingerprint density at radius 2 is 1.93 bits per heavy atom. The number of rotatable bonds is 6. The third kappa shape index (κ3) is 3.99. The van der Waals surface area contributed by atoms with Crippen molar-refractivity contribution in [1.29, 1.82) is 0 Å². The summed E-state index contributed by atoms with van der Waals surface area (Å²) < 4.78 is 15.6. The zero-order valence-electron chi connectivity index (χ0n) is 14.9. The van der Waals surface area contributed by atoms with Crippen LogP contribution in [0.5, 0.6) is 0 Å². The fraction of sp³-hybridized carbons (Fsp3) is 0.0952. The summed E-state index contributed by atoms with van der Waals surface area (Å²) in [5.74, 6) is -0.546. The minimum atomic E-state index is -0.345. The van der Waals surface area contributed by atoms with Gasteiger partial charge >= 0.3 is 0 Å². The van der Waals surface area contributed by atoms with Gasteiger partial charge in [0.15, 0.2) is 0 Å². The topological polar surface area (TPSA) is 59.8 Å². The van der Waals surface area contributed by atoms with E-state index in [2.05, 4.69) is 15.4 Å². The molecule has 28 heavy (non-hydrogen) atoms. The van der Waals surface area contributed by atoms with Crippen molar-refractivity contribution in [2.24, 2.45) is 0 Å². The highest BCUT2D eigenvalue weighted by Crippen LogP contribution is 2.27. The average Bonchev–Trinajstić information content (AvgIpc) is 3.41. The minimum absolute atomic E-state index is 0.201. The van der Waals surface area contributed by atoms with Gasteiger partial charge in [-0.25, -0.2) is 14.1 Å². The van der Waals surface area contributed by atoms with Crippen molar-refractivity contribution in [2.75, 3.05) is 6.54 Å². The van der Waals surface area contributed by atoms with Crippen LogP contribution in [-0.4, -0.2) is 27.2 Å². The van der Waals surface area contributed by atoms with E-state index in [9.17, 15) is 9.18 Å². The molecule has 1 amide bonds. The van der Waals surface area contributed by atoms with Crippen LogP contribution in [0.15, 0.2) is 73.2 Å². The molecule has 0 saturated heterocycles. The normalized spacial score (nSPS) is 10.8. The molecule has 0 radical (unpaired) electrons. The molecule has 0 aliphatic rings. The van der Waals surface area contributed by atoms with Crippen molar-refractivity contribution >= 4 is 17.2 Å². The van der Waals surface area contributed by atoms with Crippen molar-refractivity contribution in [1.82, 2.24) is 20.1 Å². The van der Waals surface area contributed by atoms with E-state index in [1.54, 1.807) is 29.1 Å². The Morgan fingerprint density at radius 1 is 1.11 bits per heavy atom. The maximum atomic E-state index is 13.9. The maximum absolute atomic E-state index is 13.9. The number of halogens is 1. The smallest absolute Gasteiger partial charge is 0.263 e. The molecule has 2 aromatic carbocycles. The summed E-state index contributed by atoms with van der Waals surface area (Å²) >= 11 is 1.18. The van der Waals surface area contributed by atoms with Crippen LogP contribution in [0.25, 0.3) is 16.3 Å². The van der Waals surface area contributed by atoms with E-state index in [0.29, 0.717) is 28.4 Å². The van der Waals surface area contributed by atoms with Crippen molar-refractivity contribution in [3.8, 4) is 16.3 Å². The molecule has 0 atom stereocenters. The Labute approximate surface area is 165 Å². The summed E-state index contributed by atoms with van der Waals surface area (Å²) in [6.45, 7) is 0.507. The fourth-order valence-corrected chi connectivity index (χ4v) is 3.64. The van der Waals surface area contributed by atoms with Gasteiger partial charge in [0.2, 0.25) is 0 Å². The average molecular weight is 392 g/mol. The van der Waals surface area contributed by atoms with Gasteiger partial charge in [-0.15, -0.1) is 11.3 Å². The molecule has 4 aromatic rings. The highest BCUT2D eigenvalue weighted by Gasteiger charge is 2.13. The highest BCUT2D eigenvalue weighted by molar-refractivity contribution is 7.16. The van der Waals surface area contributed by atoms with Crippen molar-refractivity contribution in [2.45, 2.75) is 6.42 Å². The Bertz CT molecular complexity index is 1070. The van der Waals surface area contributed by atoms with Crippen molar-refractivity contribution < 1.29 is 9.18 Å². The third-order valence-corrected chi connectivity index (χ3v) is 5.27. The molecular formula is C21H17FN4OS. The van der Waals surface area contributed by atoms with Crippen LogP contribution >= 0.6 is 11.3 Å². The minimum Gasteiger partial charge on any atom is -0.351 e. The highest BCUT2D eigenvalue weighted by atomic mass is 32.1. The second kappa shape index (κ2) is 8.14. The summed E-state index contributed by atoms with van der Waals surface area (Å²) in [7, 11) is 0. The van der Waals surface area contributed by atoms with Gasteiger partial charge in [-0.2, -0.15) is 5.10 Å². The molecule has 0 bridgehead atoms. The van der Waals surface area contributed by atoms with E-state index in [1.165, 1.54) is 23.6 Å². The predicted molar refractivity (Wildman–Crippen MR) is 107 cm³/mol. The standard InChI is InChI=1S/C21H17FN4OS/c22-18-5-2-1-4-17(18)21-24-14-19(28-21)20(27)23-12-10-15-6-8-16(9-7-15)26-13-3-11-25-26/h1-9,11,13-14H,10,12H2,(H,23,27). The predicted octanol–water partition coefficient (Wildman–Crippen LogP) is 4.11. The molecule has 0 aliphatic carbocycles. The maximum Gasteiger partial charge on any atom is 0.263 e.